The standard InChI is InChI=1S/C14H12BrClO2/c15-8-11-3-6-14(13(16)7-11)18-9-10-1-4-12(17)5-2-10/h1-7,17H,8-9H2. The maximum absolute atomic E-state index is 9.18. The first-order valence-corrected chi connectivity index (χ1v) is 6.94. The highest BCUT2D eigenvalue weighted by Crippen LogP contribution is 2.27. The molecule has 0 fully saturated rings. The van der Waals surface area contributed by atoms with E-state index in [1.807, 2.05) is 30.3 Å². The van der Waals surface area contributed by atoms with Gasteiger partial charge in [0.1, 0.15) is 18.1 Å². The molecule has 2 rings (SSSR count). The number of phenolic OH excluding ortho intramolecular Hbond substituents is 1. The maximum Gasteiger partial charge on any atom is 0.138 e. The average Bonchev–Trinajstić information content (AvgIpc) is 2.39. The van der Waals surface area contributed by atoms with Gasteiger partial charge in [-0.1, -0.05) is 45.7 Å². The minimum atomic E-state index is 0.249. The molecule has 0 atom stereocenters. The lowest BCUT2D eigenvalue weighted by molar-refractivity contribution is 0.306. The van der Waals surface area contributed by atoms with Gasteiger partial charge in [0.05, 0.1) is 5.02 Å². The predicted octanol–water partition coefficient (Wildman–Crippen LogP) is 4.52. The van der Waals surface area contributed by atoms with Crippen LogP contribution in [0.3, 0.4) is 0 Å². The van der Waals surface area contributed by atoms with Crippen LogP contribution in [-0.4, -0.2) is 5.11 Å². The summed E-state index contributed by atoms with van der Waals surface area (Å²) in [4.78, 5) is 0. The maximum atomic E-state index is 9.18. The van der Waals surface area contributed by atoms with Gasteiger partial charge in [-0.15, -0.1) is 0 Å². The summed E-state index contributed by atoms with van der Waals surface area (Å²) in [5, 5.41) is 10.5. The smallest absolute Gasteiger partial charge is 0.138 e. The van der Waals surface area contributed by atoms with Crippen LogP contribution in [0.1, 0.15) is 11.1 Å². The molecule has 4 heteroatoms. The molecule has 0 amide bonds. The number of aromatic hydroxyl groups is 1. The predicted molar refractivity (Wildman–Crippen MR) is 76.5 cm³/mol. The summed E-state index contributed by atoms with van der Waals surface area (Å²) in [5.74, 6) is 0.910. The Labute approximate surface area is 119 Å². The van der Waals surface area contributed by atoms with Gasteiger partial charge in [0.25, 0.3) is 0 Å². The molecule has 0 spiro atoms. The molecule has 0 aromatic heterocycles. The van der Waals surface area contributed by atoms with Crippen molar-refractivity contribution >= 4 is 27.5 Å². The summed E-state index contributed by atoms with van der Waals surface area (Å²) < 4.78 is 5.63. The topological polar surface area (TPSA) is 29.5 Å². The van der Waals surface area contributed by atoms with Crippen molar-refractivity contribution in [3.63, 3.8) is 0 Å². The Balaban J connectivity index is 2.04. The zero-order valence-corrected chi connectivity index (χ0v) is 11.9. The van der Waals surface area contributed by atoms with Crippen LogP contribution in [0.25, 0.3) is 0 Å². The van der Waals surface area contributed by atoms with Gasteiger partial charge in [0.2, 0.25) is 0 Å². The Kier molecular flexibility index (Phi) is 4.50. The fourth-order valence-corrected chi connectivity index (χ4v) is 2.10. The summed E-state index contributed by atoms with van der Waals surface area (Å²) in [6.45, 7) is 0.424. The highest BCUT2D eigenvalue weighted by Gasteiger charge is 2.03. The largest absolute Gasteiger partial charge is 0.508 e. The third-order valence-corrected chi connectivity index (χ3v) is 3.42. The highest BCUT2D eigenvalue weighted by molar-refractivity contribution is 9.08. The molecule has 0 saturated heterocycles. The lowest BCUT2D eigenvalue weighted by atomic mass is 10.2. The molecule has 0 unspecified atom stereocenters. The molecule has 0 aliphatic heterocycles. The Morgan fingerprint density at radius 3 is 2.33 bits per heavy atom. The zero-order valence-electron chi connectivity index (χ0n) is 9.57. The Morgan fingerprint density at radius 1 is 1.06 bits per heavy atom. The first-order valence-electron chi connectivity index (χ1n) is 5.44. The third kappa shape index (κ3) is 3.40. The molecule has 1 N–H and O–H groups in total. The van der Waals surface area contributed by atoms with E-state index < -0.39 is 0 Å². The summed E-state index contributed by atoms with van der Waals surface area (Å²) in [7, 11) is 0. The van der Waals surface area contributed by atoms with Crippen molar-refractivity contribution in [1.29, 1.82) is 0 Å². The van der Waals surface area contributed by atoms with Crippen LogP contribution in [-0.2, 0) is 11.9 Å². The normalized spacial score (nSPS) is 10.3. The van der Waals surface area contributed by atoms with E-state index in [0.29, 0.717) is 17.4 Å². The third-order valence-electron chi connectivity index (χ3n) is 2.48. The number of benzene rings is 2. The van der Waals surface area contributed by atoms with Crippen molar-refractivity contribution in [3.05, 3.63) is 58.6 Å². The van der Waals surface area contributed by atoms with Crippen LogP contribution in [0, 0.1) is 0 Å². The molecular formula is C14H12BrClO2. The molecule has 0 radical (unpaired) electrons. The molecule has 2 aromatic rings. The van der Waals surface area contributed by atoms with Crippen LogP contribution in [0.15, 0.2) is 42.5 Å². The van der Waals surface area contributed by atoms with Gasteiger partial charge in [-0.3, -0.25) is 0 Å². The van der Waals surface area contributed by atoms with Gasteiger partial charge in [-0.2, -0.15) is 0 Å². The second-order valence-corrected chi connectivity index (χ2v) is 4.82. The quantitative estimate of drug-likeness (QED) is 0.837. The fourth-order valence-electron chi connectivity index (χ4n) is 1.50. The number of phenols is 1. The minimum Gasteiger partial charge on any atom is -0.508 e. The van der Waals surface area contributed by atoms with E-state index in [9.17, 15) is 5.11 Å². The van der Waals surface area contributed by atoms with Crippen molar-refractivity contribution in [2.24, 2.45) is 0 Å². The van der Waals surface area contributed by atoms with E-state index in [1.165, 1.54) is 0 Å². The van der Waals surface area contributed by atoms with E-state index in [0.717, 1.165) is 16.5 Å². The van der Waals surface area contributed by atoms with Gasteiger partial charge in [0, 0.05) is 5.33 Å². The molecule has 94 valence electrons. The molecule has 2 aromatic carbocycles. The van der Waals surface area contributed by atoms with Gasteiger partial charge in [0.15, 0.2) is 0 Å². The summed E-state index contributed by atoms with van der Waals surface area (Å²) in [6, 6.07) is 12.6. The fraction of sp³-hybridized carbons (Fsp3) is 0.143. The first-order chi connectivity index (χ1) is 8.69. The number of hydrogen-bond donors (Lipinski definition) is 1. The minimum absolute atomic E-state index is 0.249. The van der Waals surface area contributed by atoms with Gasteiger partial charge >= 0.3 is 0 Å². The van der Waals surface area contributed by atoms with Crippen LogP contribution >= 0.6 is 27.5 Å². The molecule has 2 nitrogen and oxygen atoms in total. The average molecular weight is 328 g/mol. The van der Waals surface area contributed by atoms with E-state index >= 15 is 0 Å². The van der Waals surface area contributed by atoms with Crippen molar-refractivity contribution in [3.8, 4) is 11.5 Å². The summed E-state index contributed by atoms with van der Waals surface area (Å²) in [6.07, 6.45) is 0. The van der Waals surface area contributed by atoms with Crippen LogP contribution in [0.4, 0.5) is 0 Å². The number of rotatable bonds is 4. The van der Waals surface area contributed by atoms with E-state index in [4.69, 9.17) is 16.3 Å². The molecule has 0 aliphatic carbocycles. The molecule has 0 aliphatic rings. The van der Waals surface area contributed by atoms with Crippen LogP contribution in [0.2, 0.25) is 5.02 Å². The number of hydrogen-bond acceptors (Lipinski definition) is 2. The highest BCUT2D eigenvalue weighted by atomic mass is 79.9. The van der Waals surface area contributed by atoms with Crippen LogP contribution < -0.4 is 4.74 Å². The van der Waals surface area contributed by atoms with E-state index in [2.05, 4.69) is 15.9 Å². The molecule has 18 heavy (non-hydrogen) atoms. The van der Waals surface area contributed by atoms with Crippen molar-refractivity contribution in [1.82, 2.24) is 0 Å². The van der Waals surface area contributed by atoms with Gasteiger partial charge in [-0.05, 0) is 35.4 Å². The second-order valence-electron chi connectivity index (χ2n) is 3.85. The molecule has 0 bridgehead atoms. The summed E-state index contributed by atoms with van der Waals surface area (Å²) in [5.41, 5.74) is 2.09. The number of alkyl halides is 1. The molecule has 0 heterocycles. The summed E-state index contributed by atoms with van der Waals surface area (Å²) >= 11 is 9.49. The van der Waals surface area contributed by atoms with Crippen LogP contribution in [0.5, 0.6) is 11.5 Å². The Hall–Kier alpha value is -1.19. The lowest BCUT2D eigenvalue weighted by Gasteiger charge is -2.09. The zero-order chi connectivity index (χ0) is 13.0. The van der Waals surface area contributed by atoms with Gasteiger partial charge in [-0.25, -0.2) is 0 Å². The molecule has 0 saturated carbocycles. The first kappa shape index (κ1) is 13.2. The van der Waals surface area contributed by atoms with Crippen molar-refractivity contribution < 1.29 is 9.84 Å². The SMILES string of the molecule is Oc1ccc(COc2ccc(CBr)cc2Cl)cc1. The second kappa shape index (κ2) is 6.12. The van der Waals surface area contributed by atoms with E-state index in [1.54, 1.807) is 12.1 Å². The Bertz CT molecular complexity index is 526. The van der Waals surface area contributed by atoms with Gasteiger partial charge < -0.3 is 9.84 Å². The monoisotopic (exact) mass is 326 g/mol. The van der Waals surface area contributed by atoms with E-state index in [-0.39, 0.29) is 5.75 Å². The molecular weight excluding hydrogens is 316 g/mol. The Morgan fingerprint density at radius 2 is 1.72 bits per heavy atom. The lowest BCUT2D eigenvalue weighted by Crippen LogP contribution is -1.96. The number of halogens is 2. The van der Waals surface area contributed by atoms with Crippen molar-refractivity contribution in [2.45, 2.75) is 11.9 Å². The number of ether oxygens (including phenoxy) is 1. The van der Waals surface area contributed by atoms with Crippen molar-refractivity contribution in [2.75, 3.05) is 0 Å².